The van der Waals surface area contributed by atoms with Crippen LogP contribution in [0.3, 0.4) is 0 Å². The third-order valence-corrected chi connectivity index (χ3v) is 2.56. The predicted molar refractivity (Wildman–Crippen MR) is 51.8 cm³/mol. The molecule has 74 valence electrons. The fourth-order valence-electron chi connectivity index (χ4n) is 1.39. The summed E-state index contributed by atoms with van der Waals surface area (Å²) in [5.41, 5.74) is 7.19. The fraction of sp³-hybridized carbons (Fsp3) is 0.625. The van der Waals surface area contributed by atoms with Gasteiger partial charge in [-0.15, -0.1) is 0 Å². The van der Waals surface area contributed by atoms with Gasteiger partial charge >= 0.3 is 0 Å². The monoisotopic (exact) mass is 203 g/mol. The largest absolute Gasteiger partial charge is 0.396 e. The first-order valence-electron chi connectivity index (χ1n) is 4.11. The third-order valence-electron chi connectivity index (χ3n) is 2.11. The zero-order valence-electron chi connectivity index (χ0n) is 7.79. The van der Waals surface area contributed by atoms with Crippen molar-refractivity contribution in [3.05, 3.63) is 16.4 Å². The second-order valence-electron chi connectivity index (χ2n) is 3.03. The van der Waals surface area contributed by atoms with E-state index in [9.17, 15) is 0 Å². The van der Waals surface area contributed by atoms with E-state index >= 15 is 0 Å². The Labute approximate surface area is 82.3 Å². The highest BCUT2D eigenvalue weighted by Crippen LogP contribution is 2.26. The zero-order chi connectivity index (χ0) is 10.0. The summed E-state index contributed by atoms with van der Waals surface area (Å²) in [5.74, 6) is -0.110. The van der Waals surface area contributed by atoms with Crippen LogP contribution in [0.15, 0.2) is 0 Å². The van der Waals surface area contributed by atoms with Gasteiger partial charge in [0.25, 0.3) is 0 Å². The Morgan fingerprint density at radius 3 is 2.62 bits per heavy atom. The van der Waals surface area contributed by atoms with Gasteiger partial charge in [0.1, 0.15) is 5.15 Å². The summed E-state index contributed by atoms with van der Waals surface area (Å²) in [4.78, 5) is 0. The average Bonchev–Trinajstić information content (AvgIpc) is 2.34. The predicted octanol–water partition coefficient (Wildman–Crippen LogP) is 0.417. The molecule has 0 aliphatic heterocycles. The lowest BCUT2D eigenvalue weighted by atomic mass is 10.0. The number of nitrogens with zero attached hydrogens (tertiary/aromatic N) is 2. The first kappa shape index (κ1) is 10.5. The van der Waals surface area contributed by atoms with E-state index in [-0.39, 0.29) is 12.5 Å². The van der Waals surface area contributed by atoms with Gasteiger partial charge < -0.3 is 10.8 Å². The average molecular weight is 204 g/mol. The lowest BCUT2D eigenvalue weighted by Crippen LogP contribution is -2.16. The van der Waals surface area contributed by atoms with Crippen molar-refractivity contribution in [1.29, 1.82) is 0 Å². The second-order valence-corrected chi connectivity index (χ2v) is 3.39. The topological polar surface area (TPSA) is 64.1 Å². The van der Waals surface area contributed by atoms with Crippen LogP contribution in [-0.2, 0) is 7.05 Å². The smallest absolute Gasteiger partial charge is 0.130 e. The van der Waals surface area contributed by atoms with E-state index in [4.69, 9.17) is 22.4 Å². The van der Waals surface area contributed by atoms with Gasteiger partial charge in [-0.3, -0.25) is 4.68 Å². The van der Waals surface area contributed by atoms with Crippen LogP contribution in [0, 0.1) is 6.92 Å². The molecule has 1 aromatic heterocycles. The summed E-state index contributed by atoms with van der Waals surface area (Å²) in [5, 5.41) is 13.8. The lowest BCUT2D eigenvalue weighted by molar-refractivity contribution is 0.267. The molecule has 1 unspecified atom stereocenters. The Morgan fingerprint density at radius 1 is 1.69 bits per heavy atom. The Bertz CT molecular complexity index is 294. The number of aliphatic hydroxyl groups excluding tert-OH is 1. The van der Waals surface area contributed by atoms with E-state index in [1.54, 1.807) is 11.7 Å². The van der Waals surface area contributed by atoms with Crippen molar-refractivity contribution in [3.8, 4) is 0 Å². The quantitative estimate of drug-likeness (QED) is 0.749. The van der Waals surface area contributed by atoms with E-state index in [2.05, 4.69) is 5.10 Å². The van der Waals surface area contributed by atoms with E-state index in [1.165, 1.54) is 0 Å². The van der Waals surface area contributed by atoms with Crippen molar-refractivity contribution in [2.24, 2.45) is 12.8 Å². The van der Waals surface area contributed by atoms with E-state index in [1.807, 2.05) is 6.92 Å². The number of aryl methyl sites for hydroxylation is 2. The number of hydrogen-bond acceptors (Lipinski definition) is 3. The molecule has 0 bridgehead atoms. The molecule has 0 aliphatic carbocycles. The Kier molecular flexibility index (Phi) is 3.30. The molecule has 0 saturated carbocycles. The molecule has 13 heavy (non-hydrogen) atoms. The molecule has 0 aromatic carbocycles. The van der Waals surface area contributed by atoms with Crippen LogP contribution in [0.2, 0.25) is 5.15 Å². The van der Waals surface area contributed by atoms with Crippen LogP contribution in [-0.4, -0.2) is 28.0 Å². The minimum absolute atomic E-state index is 0.00273. The summed E-state index contributed by atoms with van der Waals surface area (Å²) in [6.45, 7) is 2.24. The van der Waals surface area contributed by atoms with Gasteiger partial charge in [0.15, 0.2) is 0 Å². The highest BCUT2D eigenvalue weighted by molar-refractivity contribution is 6.30. The molecule has 0 spiro atoms. The maximum atomic E-state index is 9.06. The van der Waals surface area contributed by atoms with Crippen molar-refractivity contribution in [2.75, 3.05) is 13.2 Å². The SMILES string of the molecule is Cc1nn(C)c(Cl)c1C(CN)CO. The molecule has 1 atom stereocenters. The van der Waals surface area contributed by atoms with Crippen LogP contribution in [0.5, 0.6) is 0 Å². The highest BCUT2D eigenvalue weighted by atomic mass is 35.5. The van der Waals surface area contributed by atoms with Gasteiger partial charge in [-0.2, -0.15) is 5.10 Å². The Hall–Kier alpha value is -0.580. The summed E-state index contributed by atoms with van der Waals surface area (Å²) in [7, 11) is 1.77. The summed E-state index contributed by atoms with van der Waals surface area (Å²) in [6, 6.07) is 0. The van der Waals surface area contributed by atoms with Gasteiger partial charge in [-0.1, -0.05) is 11.6 Å². The number of rotatable bonds is 3. The minimum atomic E-state index is -0.110. The number of halogens is 1. The van der Waals surface area contributed by atoms with Crippen molar-refractivity contribution in [3.63, 3.8) is 0 Å². The standard InChI is InChI=1S/C8H14ClN3O/c1-5-7(6(3-10)4-13)8(9)12(2)11-5/h6,13H,3-4,10H2,1-2H3. The summed E-state index contributed by atoms with van der Waals surface area (Å²) >= 11 is 6.00. The van der Waals surface area contributed by atoms with Crippen LogP contribution in [0.25, 0.3) is 0 Å². The van der Waals surface area contributed by atoms with Gasteiger partial charge in [-0.25, -0.2) is 0 Å². The van der Waals surface area contributed by atoms with Crippen LogP contribution in [0.1, 0.15) is 17.2 Å². The van der Waals surface area contributed by atoms with Crippen molar-refractivity contribution >= 4 is 11.6 Å². The third kappa shape index (κ3) is 1.85. The van der Waals surface area contributed by atoms with Crippen molar-refractivity contribution in [2.45, 2.75) is 12.8 Å². The van der Waals surface area contributed by atoms with Crippen LogP contribution in [0.4, 0.5) is 0 Å². The maximum absolute atomic E-state index is 9.06. The molecule has 1 aromatic rings. The number of hydrogen-bond donors (Lipinski definition) is 2. The molecule has 0 amide bonds. The summed E-state index contributed by atoms with van der Waals surface area (Å²) in [6.07, 6.45) is 0. The minimum Gasteiger partial charge on any atom is -0.396 e. The molecule has 0 saturated heterocycles. The van der Waals surface area contributed by atoms with Gasteiger partial charge in [0, 0.05) is 25.1 Å². The van der Waals surface area contributed by atoms with Crippen molar-refractivity contribution < 1.29 is 5.11 Å². The number of nitrogens with two attached hydrogens (primary N) is 1. The Morgan fingerprint density at radius 2 is 2.31 bits per heavy atom. The van der Waals surface area contributed by atoms with Gasteiger partial charge in [-0.05, 0) is 6.92 Å². The number of aliphatic hydroxyl groups is 1. The van der Waals surface area contributed by atoms with E-state index in [0.717, 1.165) is 11.3 Å². The van der Waals surface area contributed by atoms with Gasteiger partial charge in [0.2, 0.25) is 0 Å². The summed E-state index contributed by atoms with van der Waals surface area (Å²) < 4.78 is 1.59. The molecule has 0 radical (unpaired) electrons. The van der Waals surface area contributed by atoms with E-state index < -0.39 is 0 Å². The molecule has 1 heterocycles. The Balaban J connectivity index is 3.11. The van der Waals surface area contributed by atoms with E-state index in [0.29, 0.717) is 11.7 Å². The van der Waals surface area contributed by atoms with Crippen molar-refractivity contribution in [1.82, 2.24) is 9.78 Å². The number of aromatic nitrogens is 2. The zero-order valence-corrected chi connectivity index (χ0v) is 8.54. The highest BCUT2D eigenvalue weighted by Gasteiger charge is 2.19. The first-order valence-corrected chi connectivity index (χ1v) is 4.49. The molecule has 0 aliphatic rings. The molecule has 4 nitrogen and oxygen atoms in total. The van der Waals surface area contributed by atoms with Crippen LogP contribution >= 0.6 is 11.6 Å². The molecule has 3 N–H and O–H groups in total. The normalized spacial score (nSPS) is 13.3. The van der Waals surface area contributed by atoms with Crippen LogP contribution < -0.4 is 5.73 Å². The molecule has 5 heteroatoms. The van der Waals surface area contributed by atoms with Gasteiger partial charge in [0.05, 0.1) is 12.3 Å². The molecule has 1 rings (SSSR count). The first-order chi connectivity index (χ1) is 6.11. The fourth-order valence-corrected chi connectivity index (χ4v) is 1.72. The maximum Gasteiger partial charge on any atom is 0.130 e. The molecule has 0 fully saturated rings. The second kappa shape index (κ2) is 4.09. The molecular weight excluding hydrogens is 190 g/mol. The molecular formula is C8H14ClN3O. The lowest BCUT2D eigenvalue weighted by Gasteiger charge is -2.10.